The fraction of sp³-hybridized carbons (Fsp3) is 0.333. The molecule has 0 fully saturated rings. The Balaban J connectivity index is 2.43. The van der Waals surface area contributed by atoms with Gasteiger partial charge in [-0.2, -0.15) is 0 Å². The minimum absolute atomic E-state index is 0.0569. The number of rotatable bonds is 6. The summed E-state index contributed by atoms with van der Waals surface area (Å²) >= 11 is 5.11. The molecule has 1 rings (SSSR count). The van der Waals surface area contributed by atoms with Gasteiger partial charge in [-0.25, -0.2) is 0 Å². The van der Waals surface area contributed by atoms with Crippen molar-refractivity contribution in [3.05, 3.63) is 35.9 Å². The number of hydrogen-bond donors (Lipinski definition) is 2. The first-order valence-corrected chi connectivity index (χ1v) is 5.54. The molecular formula is C12H15NO2S. The highest BCUT2D eigenvalue weighted by molar-refractivity contribution is 7.80. The second-order valence-corrected chi connectivity index (χ2v) is 4.18. The summed E-state index contributed by atoms with van der Waals surface area (Å²) in [4.78, 5) is 11.0. The van der Waals surface area contributed by atoms with E-state index >= 15 is 0 Å². The Hall–Kier alpha value is -1.26. The predicted molar refractivity (Wildman–Crippen MR) is 67.6 cm³/mol. The summed E-state index contributed by atoms with van der Waals surface area (Å²) in [6.45, 7) is 0. The van der Waals surface area contributed by atoms with Crippen molar-refractivity contribution in [1.82, 2.24) is 0 Å². The first-order chi connectivity index (χ1) is 7.59. The van der Waals surface area contributed by atoms with E-state index in [2.05, 4.69) is 0 Å². The molecule has 0 aromatic heterocycles. The summed E-state index contributed by atoms with van der Waals surface area (Å²) in [6.07, 6.45) is 1.10. The summed E-state index contributed by atoms with van der Waals surface area (Å²) in [6, 6.07) is 9.57. The third-order valence-electron chi connectivity index (χ3n) is 2.30. The molecule has 0 saturated carbocycles. The lowest BCUT2D eigenvalue weighted by atomic mass is 10.0. The largest absolute Gasteiger partial charge is 0.481 e. The van der Waals surface area contributed by atoms with E-state index in [1.54, 1.807) is 0 Å². The fourth-order valence-electron chi connectivity index (χ4n) is 1.40. The van der Waals surface area contributed by atoms with Crippen molar-refractivity contribution in [2.75, 3.05) is 0 Å². The van der Waals surface area contributed by atoms with Crippen molar-refractivity contribution in [3.63, 3.8) is 0 Å². The average molecular weight is 237 g/mol. The smallest absolute Gasteiger partial charge is 0.303 e. The van der Waals surface area contributed by atoms with Crippen molar-refractivity contribution in [2.24, 2.45) is 5.73 Å². The molecule has 0 bridgehead atoms. The summed E-state index contributed by atoms with van der Waals surface area (Å²) in [5, 5.41) is 8.53. The summed E-state index contributed by atoms with van der Waals surface area (Å²) in [5.41, 5.74) is 7.02. The van der Waals surface area contributed by atoms with Crippen LogP contribution in [0.2, 0.25) is 0 Å². The van der Waals surface area contributed by atoms with Gasteiger partial charge in [-0.3, -0.25) is 4.79 Å². The van der Waals surface area contributed by atoms with E-state index in [-0.39, 0.29) is 12.5 Å². The van der Waals surface area contributed by atoms with Gasteiger partial charge >= 0.3 is 5.97 Å². The highest BCUT2D eigenvalue weighted by atomic mass is 32.1. The maximum atomic E-state index is 10.4. The molecule has 0 amide bonds. The lowest BCUT2D eigenvalue weighted by Crippen LogP contribution is -2.31. The Morgan fingerprint density at radius 3 is 2.50 bits per heavy atom. The fourth-order valence-corrected chi connectivity index (χ4v) is 1.58. The second kappa shape index (κ2) is 6.35. The van der Waals surface area contributed by atoms with Crippen LogP contribution >= 0.6 is 12.2 Å². The number of benzene rings is 1. The van der Waals surface area contributed by atoms with Crippen molar-refractivity contribution >= 4 is 23.1 Å². The minimum atomic E-state index is -0.839. The van der Waals surface area contributed by atoms with Crippen molar-refractivity contribution in [3.8, 4) is 0 Å². The average Bonchev–Trinajstić information content (AvgIpc) is 2.27. The van der Waals surface area contributed by atoms with Gasteiger partial charge in [-0.15, -0.1) is 0 Å². The van der Waals surface area contributed by atoms with Crippen molar-refractivity contribution in [2.45, 2.75) is 25.3 Å². The first kappa shape index (κ1) is 12.8. The Morgan fingerprint density at radius 1 is 1.31 bits per heavy atom. The Morgan fingerprint density at radius 2 is 1.94 bits per heavy atom. The zero-order chi connectivity index (χ0) is 12.0. The van der Waals surface area contributed by atoms with Crippen LogP contribution in [0, 0.1) is 0 Å². The number of thiocarbonyl (C=S) groups is 1. The van der Waals surface area contributed by atoms with Crippen molar-refractivity contribution < 1.29 is 9.90 Å². The van der Waals surface area contributed by atoms with Crippen LogP contribution in [0.5, 0.6) is 0 Å². The number of aliphatic carboxylic acids is 1. The molecule has 1 aromatic carbocycles. The molecule has 1 atom stereocenters. The van der Waals surface area contributed by atoms with Crippen LogP contribution in [0.4, 0.5) is 0 Å². The van der Waals surface area contributed by atoms with E-state index in [0.717, 1.165) is 5.56 Å². The number of hydrogen-bond acceptors (Lipinski definition) is 3. The van der Waals surface area contributed by atoms with Gasteiger partial charge in [0.05, 0.1) is 0 Å². The van der Waals surface area contributed by atoms with Gasteiger partial charge in [0.25, 0.3) is 0 Å². The number of carboxylic acid groups (broad SMARTS) is 1. The highest BCUT2D eigenvalue weighted by Crippen LogP contribution is 2.06. The highest BCUT2D eigenvalue weighted by Gasteiger charge is 2.11. The molecule has 16 heavy (non-hydrogen) atoms. The molecule has 0 aliphatic carbocycles. The van der Waals surface area contributed by atoms with Gasteiger partial charge < -0.3 is 10.8 Å². The molecule has 86 valence electrons. The van der Waals surface area contributed by atoms with E-state index in [9.17, 15) is 4.79 Å². The van der Waals surface area contributed by atoms with Crippen LogP contribution in [0.1, 0.15) is 18.4 Å². The monoisotopic (exact) mass is 237 g/mol. The van der Waals surface area contributed by atoms with Crippen LogP contribution in [0.15, 0.2) is 30.3 Å². The van der Waals surface area contributed by atoms with E-state index in [0.29, 0.717) is 17.7 Å². The lowest BCUT2D eigenvalue weighted by Gasteiger charge is -2.12. The Labute approximate surface area is 100 Å². The van der Waals surface area contributed by atoms with Crippen molar-refractivity contribution in [1.29, 1.82) is 0 Å². The molecule has 0 aliphatic rings. The van der Waals surface area contributed by atoms with Gasteiger partial charge in [0, 0.05) is 17.3 Å². The van der Waals surface area contributed by atoms with E-state index < -0.39 is 5.97 Å². The number of nitrogens with two attached hydrogens (primary N) is 1. The summed E-state index contributed by atoms with van der Waals surface area (Å²) < 4.78 is 0. The van der Waals surface area contributed by atoms with Crippen LogP contribution in [-0.4, -0.2) is 22.0 Å². The third kappa shape index (κ3) is 4.51. The zero-order valence-corrected chi connectivity index (χ0v) is 9.74. The van der Waals surface area contributed by atoms with Gasteiger partial charge in [-0.05, 0) is 18.4 Å². The molecule has 0 saturated heterocycles. The number of carboxylic acids is 1. The molecule has 0 radical (unpaired) electrons. The summed E-state index contributed by atoms with van der Waals surface area (Å²) in [5.74, 6) is -0.839. The van der Waals surface area contributed by atoms with Crippen LogP contribution in [0.25, 0.3) is 0 Å². The van der Waals surface area contributed by atoms with Gasteiger partial charge in [-0.1, -0.05) is 42.5 Å². The first-order valence-electron chi connectivity index (χ1n) is 5.13. The molecule has 3 N–H and O–H groups in total. The van der Waals surface area contributed by atoms with Crippen LogP contribution in [0.3, 0.4) is 0 Å². The molecule has 1 aromatic rings. The molecule has 0 unspecified atom stereocenters. The maximum absolute atomic E-state index is 10.4. The van der Waals surface area contributed by atoms with Gasteiger partial charge in [0.15, 0.2) is 0 Å². The van der Waals surface area contributed by atoms with E-state index in [1.807, 2.05) is 30.3 Å². The zero-order valence-electron chi connectivity index (χ0n) is 8.93. The Bertz CT molecular complexity index is 365. The quantitative estimate of drug-likeness (QED) is 0.740. The minimum Gasteiger partial charge on any atom is -0.481 e. The lowest BCUT2D eigenvalue weighted by molar-refractivity contribution is -0.136. The molecule has 0 spiro atoms. The summed E-state index contributed by atoms with van der Waals surface area (Å²) in [7, 11) is 0. The molecule has 4 heteroatoms. The standard InChI is InChI=1S/C12H15NO2S/c13-10(11(16)6-7-12(14)15)8-9-4-2-1-3-5-9/h1-5,10H,6-8,13H2,(H,14,15)/t10-/m0/s1. The predicted octanol–water partition coefficient (Wildman–Crippen LogP) is 1.79. The second-order valence-electron chi connectivity index (χ2n) is 3.66. The number of carbonyl (C=O) groups is 1. The van der Waals surface area contributed by atoms with Gasteiger partial charge in [0.1, 0.15) is 0 Å². The third-order valence-corrected chi connectivity index (χ3v) is 2.80. The molecular weight excluding hydrogens is 222 g/mol. The topological polar surface area (TPSA) is 63.3 Å². The van der Waals surface area contributed by atoms with E-state index in [4.69, 9.17) is 23.1 Å². The Kier molecular flexibility index (Phi) is 5.08. The van der Waals surface area contributed by atoms with Crippen LogP contribution < -0.4 is 5.73 Å². The SMILES string of the molecule is N[C@@H](Cc1ccccc1)C(=S)CCC(=O)O. The molecule has 0 aliphatic heterocycles. The normalized spacial score (nSPS) is 12.1. The van der Waals surface area contributed by atoms with E-state index in [1.165, 1.54) is 0 Å². The van der Waals surface area contributed by atoms with Crippen LogP contribution in [-0.2, 0) is 11.2 Å². The maximum Gasteiger partial charge on any atom is 0.303 e. The molecule has 0 heterocycles. The molecule has 3 nitrogen and oxygen atoms in total. The van der Waals surface area contributed by atoms with Gasteiger partial charge in [0.2, 0.25) is 0 Å².